The molecule has 0 bridgehead atoms. The molecule has 1 saturated heterocycles. The lowest BCUT2D eigenvalue weighted by Crippen LogP contribution is -2.37. The molecule has 1 heterocycles. The number of aliphatic hydroxyl groups is 1. The maximum Gasteiger partial charge on any atom is 0.101 e. The lowest BCUT2D eigenvalue weighted by Gasteiger charge is -2.34. The minimum atomic E-state index is -0.0264. The van der Waals surface area contributed by atoms with E-state index in [0.717, 1.165) is 43.8 Å². The molecule has 1 aliphatic heterocycles. The molecule has 102 valence electrons. The van der Waals surface area contributed by atoms with Gasteiger partial charge in [-0.05, 0) is 37.5 Å². The third-order valence-electron chi connectivity index (χ3n) is 3.55. The van der Waals surface area contributed by atoms with Gasteiger partial charge in [0.15, 0.2) is 0 Å². The first-order valence-corrected chi connectivity index (χ1v) is 6.79. The normalized spacial score (nSPS) is 16.4. The first kappa shape index (κ1) is 13.9. The molecule has 2 rings (SSSR count). The van der Waals surface area contributed by atoms with Gasteiger partial charge in [-0.3, -0.25) is 0 Å². The molecule has 0 unspecified atom stereocenters. The summed E-state index contributed by atoms with van der Waals surface area (Å²) >= 11 is 0. The number of anilines is 1. The highest BCUT2D eigenvalue weighted by atomic mass is 16.5. The second-order valence-corrected chi connectivity index (χ2v) is 4.76. The molecule has 1 aromatic carbocycles. The summed E-state index contributed by atoms with van der Waals surface area (Å²) in [5.41, 5.74) is 2.39. The number of hydrogen-bond donors (Lipinski definition) is 1. The molecule has 1 N–H and O–H groups in total. The zero-order valence-corrected chi connectivity index (χ0v) is 11.3. The van der Waals surface area contributed by atoms with Gasteiger partial charge in [-0.15, -0.1) is 0 Å². The molecule has 1 fully saturated rings. The van der Waals surface area contributed by atoms with Gasteiger partial charge in [-0.2, -0.15) is 5.26 Å². The van der Waals surface area contributed by atoms with Gasteiger partial charge in [0.1, 0.15) is 6.07 Å². The topological polar surface area (TPSA) is 56.5 Å². The second kappa shape index (κ2) is 6.55. The average molecular weight is 260 g/mol. The lowest BCUT2D eigenvalue weighted by atomic mass is 10.0. The Morgan fingerprint density at radius 2 is 2.16 bits per heavy atom. The van der Waals surface area contributed by atoms with Crippen molar-refractivity contribution in [2.45, 2.75) is 32.5 Å². The molecular weight excluding hydrogens is 240 g/mol. The predicted octanol–water partition coefficient (Wildman–Crippen LogP) is 2.06. The van der Waals surface area contributed by atoms with Crippen molar-refractivity contribution in [3.8, 4) is 6.07 Å². The van der Waals surface area contributed by atoms with Crippen LogP contribution in [0.2, 0.25) is 0 Å². The Labute approximate surface area is 114 Å². The predicted molar refractivity (Wildman–Crippen MR) is 73.9 cm³/mol. The standard InChI is InChI=1S/C15H20N2O2/c1-2-19-14-5-7-17(8-6-14)15-4-3-12(11-18)9-13(15)10-16/h3-4,9,14,18H,2,5-8,11H2,1H3. The summed E-state index contributed by atoms with van der Waals surface area (Å²) in [6.07, 6.45) is 2.35. The Balaban J connectivity index is 2.09. The number of rotatable bonds is 4. The summed E-state index contributed by atoms with van der Waals surface area (Å²) in [5, 5.41) is 18.3. The molecule has 0 atom stereocenters. The lowest BCUT2D eigenvalue weighted by molar-refractivity contribution is 0.0459. The zero-order chi connectivity index (χ0) is 13.7. The van der Waals surface area contributed by atoms with E-state index in [1.165, 1.54) is 0 Å². The summed E-state index contributed by atoms with van der Waals surface area (Å²) in [5.74, 6) is 0. The van der Waals surface area contributed by atoms with Gasteiger partial charge >= 0.3 is 0 Å². The molecular formula is C15H20N2O2. The number of nitrogens with zero attached hydrogens (tertiary/aromatic N) is 2. The quantitative estimate of drug-likeness (QED) is 0.900. The van der Waals surface area contributed by atoms with E-state index in [1.54, 1.807) is 6.07 Å². The van der Waals surface area contributed by atoms with Crippen LogP contribution < -0.4 is 4.90 Å². The van der Waals surface area contributed by atoms with Crippen LogP contribution >= 0.6 is 0 Å². The van der Waals surface area contributed by atoms with Crippen LogP contribution in [0.4, 0.5) is 5.69 Å². The van der Waals surface area contributed by atoms with Crippen LogP contribution in [0.1, 0.15) is 30.9 Å². The Kier molecular flexibility index (Phi) is 4.78. The Hall–Kier alpha value is -1.57. The van der Waals surface area contributed by atoms with Crippen LogP contribution in [0, 0.1) is 11.3 Å². The largest absolute Gasteiger partial charge is 0.392 e. The SMILES string of the molecule is CCOC1CCN(c2ccc(CO)cc2C#N)CC1. The number of aliphatic hydroxyl groups excluding tert-OH is 1. The minimum absolute atomic E-state index is 0.0264. The molecule has 0 saturated carbocycles. The molecule has 1 aliphatic rings. The molecule has 0 radical (unpaired) electrons. The molecule has 0 amide bonds. The minimum Gasteiger partial charge on any atom is -0.392 e. The Morgan fingerprint density at radius 3 is 2.74 bits per heavy atom. The van der Waals surface area contributed by atoms with Crippen LogP contribution in [0.3, 0.4) is 0 Å². The fraction of sp³-hybridized carbons (Fsp3) is 0.533. The molecule has 0 aliphatic carbocycles. The van der Waals surface area contributed by atoms with Crippen molar-refractivity contribution in [3.63, 3.8) is 0 Å². The molecule has 4 heteroatoms. The number of ether oxygens (including phenoxy) is 1. The maximum atomic E-state index is 9.22. The third-order valence-corrected chi connectivity index (χ3v) is 3.55. The Bertz CT molecular complexity index is 460. The van der Waals surface area contributed by atoms with Gasteiger partial charge < -0.3 is 14.7 Å². The van der Waals surface area contributed by atoms with Crippen LogP contribution in [0.5, 0.6) is 0 Å². The molecule has 0 spiro atoms. The monoisotopic (exact) mass is 260 g/mol. The van der Waals surface area contributed by atoms with Crippen molar-refractivity contribution < 1.29 is 9.84 Å². The van der Waals surface area contributed by atoms with E-state index in [9.17, 15) is 5.26 Å². The van der Waals surface area contributed by atoms with E-state index in [-0.39, 0.29) is 6.61 Å². The van der Waals surface area contributed by atoms with Gasteiger partial charge in [-0.1, -0.05) is 6.07 Å². The average Bonchev–Trinajstić information content (AvgIpc) is 2.48. The first-order valence-electron chi connectivity index (χ1n) is 6.79. The van der Waals surface area contributed by atoms with Crippen LogP contribution in [0.25, 0.3) is 0 Å². The van der Waals surface area contributed by atoms with Gasteiger partial charge in [0, 0.05) is 19.7 Å². The van der Waals surface area contributed by atoms with Crippen LogP contribution in [-0.2, 0) is 11.3 Å². The molecule has 1 aromatic rings. The van der Waals surface area contributed by atoms with E-state index < -0.39 is 0 Å². The fourth-order valence-corrected chi connectivity index (χ4v) is 2.55. The number of hydrogen-bond acceptors (Lipinski definition) is 4. The number of piperidine rings is 1. The van der Waals surface area contributed by atoms with Crippen molar-refractivity contribution in [1.82, 2.24) is 0 Å². The van der Waals surface area contributed by atoms with Crippen LogP contribution in [0.15, 0.2) is 18.2 Å². The zero-order valence-electron chi connectivity index (χ0n) is 11.3. The van der Waals surface area contributed by atoms with E-state index in [1.807, 2.05) is 19.1 Å². The highest BCUT2D eigenvalue weighted by molar-refractivity contribution is 5.60. The van der Waals surface area contributed by atoms with E-state index in [2.05, 4.69) is 11.0 Å². The summed E-state index contributed by atoms with van der Waals surface area (Å²) in [4.78, 5) is 2.23. The van der Waals surface area contributed by atoms with Crippen LogP contribution in [-0.4, -0.2) is 30.9 Å². The highest BCUT2D eigenvalue weighted by Crippen LogP contribution is 2.25. The molecule has 4 nitrogen and oxygen atoms in total. The van der Waals surface area contributed by atoms with Crippen molar-refractivity contribution in [1.29, 1.82) is 5.26 Å². The summed E-state index contributed by atoms with van der Waals surface area (Å²) in [6, 6.07) is 7.80. The smallest absolute Gasteiger partial charge is 0.101 e. The summed E-state index contributed by atoms with van der Waals surface area (Å²) < 4.78 is 5.64. The highest BCUT2D eigenvalue weighted by Gasteiger charge is 2.21. The summed E-state index contributed by atoms with van der Waals surface area (Å²) in [7, 11) is 0. The van der Waals surface area contributed by atoms with E-state index >= 15 is 0 Å². The van der Waals surface area contributed by atoms with Gasteiger partial charge in [-0.25, -0.2) is 0 Å². The third kappa shape index (κ3) is 3.25. The van der Waals surface area contributed by atoms with Crippen molar-refractivity contribution in [2.24, 2.45) is 0 Å². The van der Waals surface area contributed by atoms with Crippen molar-refractivity contribution in [2.75, 3.05) is 24.6 Å². The summed E-state index contributed by atoms with van der Waals surface area (Å²) in [6.45, 7) is 4.59. The van der Waals surface area contributed by atoms with Crippen molar-refractivity contribution >= 4 is 5.69 Å². The van der Waals surface area contributed by atoms with Gasteiger partial charge in [0.25, 0.3) is 0 Å². The van der Waals surface area contributed by atoms with Gasteiger partial charge in [0.2, 0.25) is 0 Å². The maximum absolute atomic E-state index is 9.22. The Morgan fingerprint density at radius 1 is 1.42 bits per heavy atom. The molecule has 0 aromatic heterocycles. The molecule has 19 heavy (non-hydrogen) atoms. The van der Waals surface area contributed by atoms with E-state index in [0.29, 0.717) is 11.7 Å². The number of nitriles is 1. The van der Waals surface area contributed by atoms with E-state index in [4.69, 9.17) is 9.84 Å². The van der Waals surface area contributed by atoms with Gasteiger partial charge in [0.05, 0.1) is 24.0 Å². The van der Waals surface area contributed by atoms with Crippen molar-refractivity contribution in [3.05, 3.63) is 29.3 Å². The number of benzene rings is 1. The second-order valence-electron chi connectivity index (χ2n) is 4.76. The first-order chi connectivity index (χ1) is 9.28. The fourth-order valence-electron chi connectivity index (χ4n) is 2.55.